The molecule has 1 aromatic carbocycles. The second-order valence-electron chi connectivity index (χ2n) is 6.20. The van der Waals surface area contributed by atoms with Gasteiger partial charge in [0.1, 0.15) is 12.5 Å². The van der Waals surface area contributed by atoms with Gasteiger partial charge < -0.3 is 16.2 Å². The van der Waals surface area contributed by atoms with E-state index < -0.39 is 11.4 Å². The van der Waals surface area contributed by atoms with E-state index in [9.17, 15) is 4.39 Å². The number of aromatic nitrogens is 1. The fourth-order valence-corrected chi connectivity index (χ4v) is 2.91. The molecule has 1 saturated carbocycles. The Bertz CT molecular complexity index is 661. The first-order valence-corrected chi connectivity index (χ1v) is 7.98. The van der Waals surface area contributed by atoms with Gasteiger partial charge in [0.15, 0.2) is 0 Å². The Morgan fingerprint density at radius 2 is 2.13 bits per heavy atom. The van der Waals surface area contributed by atoms with Gasteiger partial charge in [-0.25, -0.2) is 4.39 Å². The van der Waals surface area contributed by atoms with Gasteiger partial charge in [-0.15, -0.1) is 0 Å². The van der Waals surface area contributed by atoms with Crippen LogP contribution in [0, 0.1) is 11.7 Å². The van der Waals surface area contributed by atoms with Crippen LogP contribution in [-0.4, -0.2) is 16.8 Å². The molecule has 0 aliphatic heterocycles. The number of aliphatic hydroxyl groups excluding tert-OH is 1. The molecule has 0 bridgehead atoms. The minimum atomic E-state index is -0.760. The number of pyridine rings is 1. The van der Waals surface area contributed by atoms with Gasteiger partial charge in [0.25, 0.3) is 0 Å². The zero-order valence-electron chi connectivity index (χ0n) is 13.0. The average molecular weight is 315 g/mol. The first-order chi connectivity index (χ1) is 11.1. The quantitative estimate of drug-likeness (QED) is 0.687. The van der Waals surface area contributed by atoms with Gasteiger partial charge in [-0.2, -0.15) is 0 Å². The second kappa shape index (κ2) is 6.64. The van der Waals surface area contributed by atoms with E-state index in [-0.39, 0.29) is 12.4 Å². The highest BCUT2D eigenvalue weighted by Gasteiger charge is 2.34. The highest BCUT2D eigenvalue weighted by atomic mass is 19.1. The van der Waals surface area contributed by atoms with Crippen LogP contribution >= 0.6 is 0 Å². The summed E-state index contributed by atoms with van der Waals surface area (Å²) >= 11 is 0. The predicted molar refractivity (Wildman–Crippen MR) is 88.3 cm³/mol. The average Bonchev–Trinajstić information content (AvgIpc) is 3.40. The monoisotopic (exact) mass is 315 g/mol. The van der Waals surface area contributed by atoms with E-state index in [1.165, 1.54) is 18.9 Å². The standard InChI is InChI=1S/C18H22FN3O/c19-15-7-6-14(11-16(15)22-12-23)18(20,9-8-13-4-5-13)17-3-1-2-10-21-17/h1-3,6-7,10-11,13,22-23H,4-5,8-9,12,20H2. The molecule has 23 heavy (non-hydrogen) atoms. The molecule has 0 amide bonds. The lowest BCUT2D eigenvalue weighted by molar-refractivity contribution is 0.325. The Hall–Kier alpha value is -1.98. The molecule has 1 fully saturated rings. The molecule has 2 aromatic rings. The molecule has 3 rings (SSSR count). The summed E-state index contributed by atoms with van der Waals surface area (Å²) in [6.07, 6.45) is 6.05. The summed E-state index contributed by atoms with van der Waals surface area (Å²) in [4.78, 5) is 4.44. The summed E-state index contributed by atoms with van der Waals surface area (Å²) < 4.78 is 13.8. The van der Waals surface area contributed by atoms with Crippen LogP contribution in [0.2, 0.25) is 0 Å². The Labute approximate surface area is 135 Å². The molecule has 5 heteroatoms. The molecular formula is C18H22FN3O. The zero-order valence-corrected chi connectivity index (χ0v) is 13.0. The summed E-state index contributed by atoms with van der Waals surface area (Å²) in [5.74, 6) is 0.338. The maximum Gasteiger partial charge on any atom is 0.146 e. The summed E-state index contributed by atoms with van der Waals surface area (Å²) in [5, 5.41) is 11.6. The van der Waals surface area contributed by atoms with Crippen LogP contribution in [0.1, 0.15) is 36.9 Å². The van der Waals surface area contributed by atoms with E-state index in [4.69, 9.17) is 10.8 Å². The highest BCUT2D eigenvalue weighted by molar-refractivity contribution is 5.50. The van der Waals surface area contributed by atoms with Crippen LogP contribution < -0.4 is 11.1 Å². The minimum absolute atomic E-state index is 0.252. The van der Waals surface area contributed by atoms with Gasteiger partial charge in [-0.05, 0) is 48.6 Å². The summed E-state index contributed by atoms with van der Waals surface area (Å²) in [6.45, 7) is -0.330. The van der Waals surface area contributed by atoms with Crippen molar-refractivity contribution in [1.29, 1.82) is 0 Å². The van der Waals surface area contributed by atoms with E-state index in [1.807, 2.05) is 18.2 Å². The van der Waals surface area contributed by atoms with Crippen LogP contribution in [0.5, 0.6) is 0 Å². The first-order valence-electron chi connectivity index (χ1n) is 7.98. The number of benzene rings is 1. The van der Waals surface area contributed by atoms with Crippen molar-refractivity contribution in [3.63, 3.8) is 0 Å². The topological polar surface area (TPSA) is 71.2 Å². The van der Waals surface area contributed by atoms with Crippen molar-refractivity contribution in [3.8, 4) is 0 Å². The molecule has 1 atom stereocenters. The van der Waals surface area contributed by atoms with Crippen molar-refractivity contribution in [1.82, 2.24) is 4.98 Å². The van der Waals surface area contributed by atoms with Crippen molar-refractivity contribution >= 4 is 5.69 Å². The maximum atomic E-state index is 13.8. The molecule has 0 radical (unpaired) electrons. The number of nitrogens with zero attached hydrogens (tertiary/aromatic N) is 1. The molecule has 4 nitrogen and oxygen atoms in total. The van der Waals surface area contributed by atoms with Gasteiger partial charge in [0, 0.05) is 6.20 Å². The van der Waals surface area contributed by atoms with Crippen molar-refractivity contribution < 1.29 is 9.50 Å². The number of hydrogen-bond acceptors (Lipinski definition) is 4. The molecule has 1 heterocycles. The lowest BCUT2D eigenvalue weighted by atomic mass is 9.82. The van der Waals surface area contributed by atoms with E-state index in [0.717, 1.165) is 30.0 Å². The smallest absolute Gasteiger partial charge is 0.146 e. The second-order valence-corrected chi connectivity index (χ2v) is 6.20. The van der Waals surface area contributed by atoms with E-state index >= 15 is 0 Å². The van der Waals surface area contributed by atoms with Gasteiger partial charge in [-0.3, -0.25) is 4.98 Å². The number of aliphatic hydroxyl groups is 1. The number of nitrogens with two attached hydrogens (primary N) is 1. The summed E-state index contributed by atoms with van der Waals surface area (Å²) in [7, 11) is 0. The SMILES string of the molecule is NC(CCC1CC1)(c1ccc(F)c(NCO)c1)c1ccccn1. The number of rotatable bonds is 7. The van der Waals surface area contributed by atoms with Crippen molar-refractivity contribution in [2.24, 2.45) is 11.7 Å². The first kappa shape index (κ1) is 15.9. The zero-order chi connectivity index (χ0) is 16.3. The molecule has 1 unspecified atom stereocenters. The van der Waals surface area contributed by atoms with Crippen molar-refractivity contribution in [3.05, 3.63) is 59.7 Å². The van der Waals surface area contributed by atoms with Crippen LogP contribution in [0.25, 0.3) is 0 Å². The Morgan fingerprint density at radius 3 is 2.78 bits per heavy atom. The lowest BCUT2D eigenvalue weighted by Crippen LogP contribution is -2.39. The molecule has 1 aliphatic carbocycles. The molecule has 0 spiro atoms. The lowest BCUT2D eigenvalue weighted by Gasteiger charge is -2.30. The molecule has 0 saturated heterocycles. The molecule has 1 aromatic heterocycles. The minimum Gasteiger partial charge on any atom is -0.377 e. The number of halogens is 1. The van der Waals surface area contributed by atoms with Crippen LogP contribution in [0.4, 0.5) is 10.1 Å². The third kappa shape index (κ3) is 3.51. The van der Waals surface area contributed by atoms with Crippen LogP contribution in [0.15, 0.2) is 42.6 Å². The molecule has 122 valence electrons. The number of hydrogen-bond donors (Lipinski definition) is 3. The van der Waals surface area contributed by atoms with Gasteiger partial charge in [0.2, 0.25) is 0 Å². The number of nitrogens with one attached hydrogen (secondary N) is 1. The van der Waals surface area contributed by atoms with Crippen molar-refractivity contribution in [2.75, 3.05) is 12.0 Å². The Kier molecular flexibility index (Phi) is 4.59. The fraction of sp³-hybridized carbons (Fsp3) is 0.389. The predicted octanol–water partition coefficient (Wildman–Crippen LogP) is 2.97. The maximum absolute atomic E-state index is 13.8. The third-order valence-electron chi connectivity index (χ3n) is 4.52. The Morgan fingerprint density at radius 1 is 1.30 bits per heavy atom. The normalized spacial score (nSPS) is 16.8. The van der Waals surface area contributed by atoms with Crippen molar-refractivity contribution in [2.45, 2.75) is 31.2 Å². The number of anilines is 1. The molecular weight excluding hydrogens is 293 g/mol. The Balaban J connectivity index is 1.98. The fourth-order valence-electron chi connectivity index (χ4n) is 2.91. The van der Waals surface area contributed by atoms with Crippen LogP contribution in [0.3, 0.4) is 0 Å². The third-order valence-corrected chi connectivity index (χ3v) is 4.52. The van der Waals surface area contributed by atoms with Gasteiger partial charge in [-0.1, -0.05) is 25.0 Å². The van der Waals surface area contributed by atoms with E-state index in [1.54, 1.807) is 18.3 Å². The highest BCUT2D eigenvalue weighted by Crippen LogP contribution is 2.39. The molecule has 1 aliphatic rings. The summed E-state index contributed by atoms with van der Waals surface area (Å²) in [6, 6.07) is 10.4. The van der Waals surface area contributed by atoms with E-state index in [0.29, 0.717) is 0 Å². The van der Waals surface area contributed by atoms with Gasteiger partial charge >= 0.3 is 0 Å². The molecule has 4 N–H and O–H groups in total. The largest absolute Gasteiger partial charge is 0.377 e. The van der Waals surface area contributed by atoms with Crippen LogP contribution in [-0.2, 0) is 5.54 Å². The van der Waals surface area contributed by atoms with Gasteiger partial charge in [0.05, 0.1) is 16.9 Å². The summed E-state index contributed by atoms with van der Waals surface area (Å²) in [5.41, 5.74) is 7.83. The van der Waals surface area contributed by atoms with E-state index in [2.05, 4.69) is 10.3 Å².